The van der Waals surface area contributed by atoms with Gasteiger partial charge in [-0.05, 0) is 12.1 Å². The summed E-state index contributed by atoms with van der Waals surface area (Å²) in [7, 11) is -1.80. The van der Waals surface area contributed by atoms with Crippen LogP contribution in [0.1, 0.15) is 13.8 Å². The summed E-state index contributed by atoms with van der Waals surface area (Å²) in [5.74, 6) is 0.404. The second-order valence-electron chi connectivity index (χ2n) is 4.68. The lowest BCUT2D eigenvalue weighted by atomic mass is 10.4. The van der Waals surface area contributed by atoms with Crippen LogP contribution in [-0.2, 0) is 10.0 Å². The van der Waals surface area contributed by atoms with Crippen LogP contribution in [0.3, 0.4) is 0 Å². The minimum atomic E-state index is -3.48. The third kappa shape index (κ3) is 3.04. The average molecular weight is 301 g/mol. The van der Waals surface area contributed by atoms with E-state index in [0.29, 0.717) is 29.4 Å². The largest absolute Gasteiger partial charge is 0.372 e. The van der Waals surface area contributed by atoms with Gasteiger partial charge in [-0.3, -0.25) is 0 Å². The molecule has 5 nitrogen and oxygen atoms in total. The molecule has 1 aliphatic heterocycles. The third-order valence-electron chi connectivity index (χ3n) is 3.01. The Hall–Kier alpha value is -0.790. The zero-order valence-electron chi connectivity index (χ0n) is 11.3. The van der Waals surface area contributed by atoms with Crippen molar-refractivity contribution in [2.75, 3.05) is 25.5 Å². The number of pyridine rings is 1. The molecule has 106 valence electrons. The Labute approximate surface area is 118 Å². The standard InChI is InChI=1S/C12H19N3O2S2/c1-9-7-15(8-10(2)18-9)19(16,17)11-5-4-6-14-12(11)13-3/h4-6,9-10H,7-8H2,1-3H3,(H,13,14). The van der Waals surface area contributed by atoms with Crippen molar-refractivity contribution < 1.29 is 8.42 Å². The fraction of sp³-hybridized carbons (Fsp3) is 0.583. The summed E-state index contributed by atoms with van der Waals surface area (Å²) in [4.78, 5) is 4.33. The molecular weight excluding hydrogens is 282 g/mol. The van der Waals surface area contributed by atoms with Crippen LogP contribution in [0, 0.1) is 0 Å². The first-order chi connectivity index (χ1) is 8.95. The molecule has 2 heterocycles. The van der Waals surface area contributed by atoms with Crippen molar-refractivity contribution in [1.29, 1.82) is 0 Å². The van der Waals surface area contributed by atoms with Gasteiger partial charge >= 0.3 is 0 Å². The normalized spacial score (nSPS) is 25.2. The summed E-state index contributed by atoms with van der Waals surface area (Å²) < 4.78 is 27.0. The van der Waals surface area contributed by atoms with Gasteiger partial charge < -0.3 is 5.32 Å². The maximum absolute atomic E-state index is 12.7. The Morgan fingerprint density at radius 2 is 2.00 bits per heavy atom. The van der Waals surface area contributed by atoms with Crippen LogP contribution in [0.4, 0.5) is 5.82 Å². The van der Waals surface area contributed by atoms with Crippen molar-refractivity contribution in [2.24, 2.45) is 0 Å². The van der Waals surface area contributed by atoms with Gasteiger partial charge in [-0.15, -0.1) is 0 Å². The van der Waals surface area contributed by atoms with E-state index in [1.807, 2.05) is 11.8 Å². The minimum absolute atomic E-state index is 0.254. The predicted octanol–water partition coefficient (Wildman–Crippen LogP) is 1.64. The molecule has 1 saturated heterocycles. The van der Waals surface area contributed by atoms with Gasteiger partial charge in [0.25, 0.3) is 0 Å². The summed E-state index contributed by atoms with van der Waals surface area (Å²) in [6, 6.07) is 3.25. The zero-order valence-corrected chi connectivity index (χ0v) is 13.0. The van der Waals surface area contributed by atoms with Crippen LogP contribution in [-0.4, -0.2) is 48.3 Å². The molecule has 7 heteroatoms. The minimum Gasteiger partial charge on any atom is -0.372 e. The van der Waals surface area contributed by atoms with Crippen LogP contribution in [0.5, 0.6) is 0 Å². The van der Waals surface area contributed by atoms with Gasteiger partial charge in [-0.25, -0.2) is 13.4 Å². The van der Waals surface area contributed by atoms with Gasteiger partial charge in [0.05, 0.1) is 0 Å². The monoisotopic (exact) mass is 301 g/mol. The molecule has 0 bridgehead atoms. The fourth-order valence-electron chi connectivity index (χ4n) is 2.25. The Balaban J connectivity index is 2.36. The van der Waals surface area contributed by atoms with Crippen molar-refractivity contribution >= 4 is 27.6 Å². The highest BCUT2D eigenvalue weighted by molar-refractivity contribution is 8.00. The van der Waals surface area contributed by atoms with E-state index in [2.05, 4.69) is 24.1 Å². The summed E-state index contributed by atoms with van der Waals surface area (Å²) in [5.41, 5.74) is 0. The molecule has 1 N–H and O–H groups in total. The molecule has 2 atom stereocenters. The van der Waals surface area contributed by atoms with Crippen molar-refractivity contribution in [1.82, 2.24) is 9.29 Å². The lowest BCUT2D eigenvalue weighted by Gasteiger charge is -2.33. The van der Waals surface area contributed by atoms with Crippen molar-refractivity contribution in [3.05, 3.63) is 18.3 Å². The molecule has 1 fully saturated rings. The molecule has 2 rings (SSSR count). The third-order valence-corrected chi connectivity index (χ3v) is 6.10. The highest BCUT2D eigenvalue weighted by Crippen LogP contribution is 2.30. The Kier molecular flexibility index (Phi) is 4.37. The number of nitrogens with zero attached hydrogens (tertiary/aromatic N) is 2. The van der Waals surface area contributed by atoms with Crippen LogP contribution in [0.15, 0.2) is 23.2 Å². The van der Waals surface area contributed by atoms with E-state index >= 15 is 0 Å². The lowest BCUT2D eigenvalue weighted by Crippen LogP contribution is -2.44. The molecule has 0 radical (unpaired) electrons. The van der Waals surface area contributed by atoms with E-state index in [4.69, 9.17) is 0 Å². The summed E-state index contributed by atoms with van der Waals surface area (Å²) in [5, 5.41) is 3.47. The number of sulfonamides is 1. The van der Waals surface area contributed by atoms with Gasteiger partial charge in [-0.2, -0.15) is 16.1 Å². The topological polar surface area (TPSA) is 62.3 Å². The number of hydrogen-bond acceptors (Lipinski definition) is 5. The zero-order chi connectivity index (χ0) is 14.0. The van der Waals surface area contributed by atoms with E-state index in [1.54, 1.807) is 29.7 Å². The summed E-state index contributed by atoms with van der Waals surface area (Å²) in [6.45, 7) is 5.22. The van der Waals surface area contributed by atoms with Crippen LogP contribution >= 0.6 is 11.8 Å². The smallest absolute Gasteiger partial charge is 0.246 e. The lowest BCUT2D eigenvalue weighted by molar-refractivity contribution is 0.405. The predicted molar refractivity (Wildman–Crippen MR) is 79.1 cm³/mol. The van der Waals surface area contributed by atoms with E-state index in [1.165, 1.54) is 0 Å². The number of aromatic nitrogens is 1. The molecule has 1 aromatic rings. The maximum Gasteiger partial charge on any atom is 0.246 e. The molecule has 0 spiro atoms. The quantitative estimate of drug-likeness (QED) is 0.919. The first-order valence-electron chi connectivity index (χ1n) is 6.23. The number of anilines is 1. The number of thioether (sulfide) groups is 1. The maximum atomic E-state index is 12.7. The van der Waals surface area contributed by atoms with E-state index < -0.39 is 10.0 Å². The van der Waals surface area contributed by atoms with Crippen LogP contribution < -0.4 is 5.32 Å². The van der Waals surface area contributed by atoms with Gasteiger partial charge in [-0.1, -0.05) is 13.8 Å². The van der Waals surface area contributed by atoms with Crippen molar-refractivity contribution in [2.45, 2.75) is 29.2 Å². The van der Waals surface area contributed by atoms with E-state index in [0.717, 1.165) is 0 Å². The van der Waals surface area contributed by atoms with E-state index in [9.17, 15) is 8.42 Å². The molecule has 0 aromatic carbocycles. The highest BCUT2D eigenvalue weighted by Gasteiger charge is 2.33. The first-order valence-corrected chi connectivity index (χ1v) is 8.62. The highest BCUT2D eigenvalue weighted by atomic mass is 32.2. The molecule has 2 unspecified atom stereocenters. The molecule has 0 amide bonds. The molecule has 1 aliphatic rings. The van der Waals surface area contributed by atoms with Crippen LogP contribution in [0.2, 0.25) is 0 Å². The van der Waals surface area contributed by atoms with Gasteiger partial charge in [0.2, 0.25) is 10.0 Å². The van der Waals surface area contributed by atoms with Gasteiger partial charge in [0.15, 0.2) is 0 Å². The number of rotatable bonds is 3. The van der Waals surface area contributed by atoms with Gasteiger partial charge in [0, 0.05) is 36.8 Å². The molecule has 19 heavy (non-hydrogen) atoms. The Bertz CT molecular complexity index is 538. The number of nitrogens with one attached hydrogen (secondary N) is 1. The SMILES string of the molecule is CNc1ncccc1S(=O)(=O)N1CC(C)SC(C)C1. The molecular formula is C12H19N3O2S2. The summed E-state index contributed by atoms with van der Waals surface area (Å²) >= 11 is 1.83. The van der Waals surface area contributed by atoms with Crippen molar-refractivity contribution in [3.8, 4) is 0 Å². The second-order valence-corrected chi connectivity index (χ2v) is 8.47. The molecule has 0 aliphatic carbocycles. The van der Waals surface area contributed by atoms with E-state index in [-0.39, 0.29) is 4.90 Å². The van der Waals surface area contributed by atoms with Crippen LogP contribution in [0.25, 0.3) is 0 Å². The average Bonchev–Trinajstić information content (AvgIpc) is 2.37. The Morgan fingerprint density at radius 1 is 1.37 bits per heavy atom. The first kappa shape index (κ1) is 14.6. The Morgan fingerprint density at radius 3 is 2.58 bits per heavy atom. The van der Waals surface area contributed by atoms with Gasteiger partial charge in [0.1, 0.15) is 10.7 Å². The summed E-state index contributed by atoms with van der Waals surface area (Å²) in [6.07, 6.45) is 1.59. The molecule has 1 aromatic heterocycles. The van der Waals surface area contributed by atoms with Crippen molar-refractivity contribution in [3.63, 3.8) is 0 Å². The number of hydrogen-bond donors (Lipinski definition) is 1. The fourth-order valence-corrected chi connectivity index (χ4v) is 5.53. The second kappa shape index (κ2) is 5.68. The molecule has 0 saturated carbocycles.